The molecule has 0 aromatic heterocycles. The highest BCUT2D eigenvalue weighted by atomic mass is 32.2. The highest BCUT2D eigenvalue weighted by Crippen LogP contribution is 2.25. The number of hydrogen-bond donors (Lipinski definition) is 1. The Morgan fingerprint density at radius 2 is 1.77 bits per heavy atom. The molecule has 1 fully saturated rings. The highest BCUT2D eigenvalue weighted by molar-refractivity contribution is 7.88. The zero-order valence-corrected chi connectivity index (χ0v) is 18.1. The molecule has 160 valence electrons. The normalized spacial score (nSPS) is 18.0. The number of ether oxygens (including phenoxy) is 1. The van der Waals surface area contributed by atoms with E-state index < -0.39 is 10.0 Å². The SMILES string of the molecule is C[C@H](NC(=O)c1ccc(CS(=O)(=O)N2CCOCC2)cc1)c1ccc2c(c1)CCC2. The third-order valence-corrected chi connectivity index (χ3v) is 7.75. The predicted molar refractivity (Wildman–Crippen MR) is 116 cm³/mol. The van der Waals surface area contributed by atoms with Crippen LogP contribution in [0.3, 0.4) is 0 Å². The summed E-state index contributed by atoms with van der Waals surface area (Å²) in [5.74, 6) is -0.231. The van der Waals surface area contributed by atoms with E-state index in [0.717, 1.165) is 18.4 Å². The molecule has 6 nitrogen and oxygen atoms in total. The van der Waals surface area contributed by atoms with Crippen LogP contribution < -0.4 is 5.32 Å². The Balaban J connectivity index is 1.38. The molecule has 0 spiro atoms. The van der Waals surface area contributed by atoms with Crippen LogP contribution in [-0.4, -0.2) is 44.9 Å². The van der Waals surface area contributed by atoms with E-state index in [-0.39, 0.29) is 17.7 Å². The van der Waals surface area contributed by atoms with Crippen molar-refractivity contribution in [1.29, 1.82) is 0 Å². The molecular formula is C23H28N2O4S. The van der Waals surface area contributed by atoms with Gasteiger partial charge >= 0.3 is 0 Å². The molecule has 0 radical (unpaired) electrons. The van der Waals surface area contributed by atoms with E-state index in [0.29, 0.717) is 37.4 Å². The fourth-order valence-corrected chi connectivity index (χ4v) is 5.61. The van der Waals surface area contributed by atoms with Crippen LogP contribution in [0, 0.1) is 0 Å². The van der Waals surface area contributed by atoms with Crippen LogP contribution in [0.2, 0.25) is 0 Å². The average molecular weight is 429 g/mol. The topological polar surface area (TPSA) is 75.7 Å². The van der Waals surface area contributed by atoms with Crippen molar-refractivity contribution in [3.8, 4) is 0 Å². The van der Waals surface area contributed by atoms with Gasteiger partial charge in [0.05, 0.1) is 25.0 Å². The number of amides is 1. The second-order valence-corrected chi connectivity index (χ2v) is 10.0. The summed E-state index contributed by atoms with van der Waals surface area (Å²) in [5.41, 5.74) is 5.11. The molecule has 1 N–H and O–H groups in total. The summed E-state index contributed by atoms with van der Waals surface area (Å²) in [5, 5.41) is 3.04. The maximum Gasteiger partial charge on any atom is 0.251 e. The van der Waals surface area contributed by atoms with Crippen molar-refractivity contribution in [2.75, 3.05) is 26.3 Å². The fraction of sp³-hybridized carbons (Fsp3) is 0.435. The standard InChI is InChI=1S/C23H28N2O4S/c1-17(21-10-9-19-3-2-4-22(19)15-21)24-23(26)20-7-5-18(6-8-20)16-30(27,28)25-11-13-29-14-12-25/h5-10,15,17H,2-4,11-14,16H2,1H3,(H,24,26)/t17-/m0/s1. The number of morpholine rings is 1. The largest absolute Gasteiger partial charge is 0.379 e. The van der Waals surface area contributed by atoms with Crippen molar-refractivity contribution in [2.45, 2.75) is 38.0 Å². The van der Waals surface area contributed by atoms with Gasteiger partial charge in [-0.25, -0.2) is 8.42 Å². The van der Waals surface area contributed by atoms with E-state index in [4.69, 9.17) is 4.74 Å². The molecule has 7 heteroatoms. The predicted octanol–water partition coefficient (Wildman–Crippen LogP) is 2.83. The van der Waals surface area contributed by atoms with Crippen LogP contribution in [0.5, 0.6) is 0 Å². The number of nitrogens with one attached hydrogen (secondary N) is 1. The highest BCUT2D eigenvalue weighted by Gasteiger charge is 2.24. The van der Waals surface area contributed by atoms with Crippen molar-refractivity contribution < 1.29 is 17.9 Å². The van der Waals surface area contributed by atoms with E-state index in [1.807, 2.05) is 6.92 Å². The number of aryl methyl sites for hydroxylation is 2. The van der Waals surface area contributed by atoms with Crippen LogP contribution in [-0.2, 0) is 33.4 Å². The zero-order valence-electron chi connectivity index (χ0n) is 17.3. The van der Waals surface area contributed by atoms with Crippen molar-refractivity contribution in [3.63, 3.8) is 0 Å². The number of rotatable bonds is 6. The minimum Gasteiger partial charge on any atom is -0.379 e. The molecule has 2 aromatic rings. The number of fused-ring (bicyclic) bond motifs is 1. The Hall–Kier alpha value is -2.22. The summed E-state index contributed by atoms with van der Waals surface area (Å²) < 4.78 is 31.8. The molecule has 4 rings (SSSR count). The molecular weight excluding hydrogens is 400 g/mol. The van der Waals surface area contributed by atoms with E-state index in [1.54, 1.807) is 24.3 Å². The van der Waals surface area contributed by atoms with Crippen molar-refractivity contribution in [3.05, 3.63) is 70.3 Å². The van der Waals surface area contributed by atoms with Gasteiger partial charge in [0.2, 0.25) is 10.0 Å². The molecule has 1 aliphatic carbocycles. The lowest BCUT2D eigenvalue weighted by Crippen LogP contribution is -2.41. The van der Waals surface area contributed by atoms with E-state index in [9.17, 15) is 13.2 Å². The number of carbonyl (C=O) groups is 1. The first-order valence-electron chi connectivity index (χ1n) is 10.5. The molecule has 1 aliphatic heterocycles. The van der Waals surface area contributed by atoms with Crippen molar-refractivity contribution >= 4 is 15.9 Å². The average Bonchev–Trinajstić information content (AvgIpc) is 3.22. The summed E-state index contributed by atoms with van der Waals surface area (Å²) in [7, 11) is -3.38. The van der Waals surface area contributed by atoms with Gasteiger partial charge in [0.25, 0.3) is 5.91 Å². The Morgan fingerprint density at radius 3 is 2.50 bits per heavy atom. The zero-order chi connectivity index (χ0) is 21.1. The van der Waals surface area contributed by atoms with E-state index >= 15 is 0 Å². The minimum absolute atomic E-state index is 0.0690. The smallest absolute Gasteiger partial charge is 0.251 e. The number of sulfonamides is 1. The van der Waals surface area contributed by atoms with Gasteiger partial charge in [-0.2, -0.15) is 4.31 Å². The quantitative estimate of drug-likeness (QED) is 0.768. The maximum atomic E-state index is 12.7. The lowest BCUT2D eigenvalue weighted by Gasteiger charge is -2.26. The van der Waals surface area contributed by atoms with Crippen LogP contribution in [0.25, 0.3) is 0 Å². The van der Waals surface area contributed by atoms with Gasteiger partial charge in [-0.05, 0) is 60.6 Å². The molecule has 30 heavy (non-hydrogen) atoms. The van der Waals surface area contributed by atoms with Crippen LogP contribution >= 0.6 is 0 Å². The Morgan fingerprint density at radius 1 is 1.07 bits per heavy atom. The first kappa shape index (κ1) is 21.0. The number of hydrogen-bond acceptors (Lipinski definition) is 4. The first-order valence-corrected chi connectivity index (χ1v) is 12.1. The number of nitrogens with zero attached hydrogens (tertiary/aromatic N) is 1. The summed E-state index contributed by atoms with van der Waals surface area (Å²) in [6.07, 6.45) is 3.45. The second-order valence-electron chi connectivity index (χ2n) is 8.04. The van der Waals surface area contributed by atoms with Gasteiger partial charge in [-0.3, -0.25) is 4.79 Å². The Labute approximate surface area is 178 Å². The molecule has 1 heterocycles. The second kappa shape index (κ2) is 8.88. The third-order valence-electron chi connectivity index (χ3n) is 5.90. The minimum atomic E-state index is -3.38. The van der Waals surface area contributed by atoms with E-state index in [2.05, 4.69) is 23.5 Å². The summed E-state index contributed by atoms with van der Waals surface area (Å²) in [6.45, 7) is 3.63. The monoisotopic (exact) mass is 428 g/mol. The van der Waals surface area contributed by atoms with Crippen molar-refractivity contribution in [2.24, 2.45) is 0 Å². The molecule has 0 saturated carbocycles. The maximum absolute atomic E-state index is 12.7. The molecule has 1 saturated heterocycles. The Kier molecular flexibility index (Phi) is 6.22. The van der Waals surface area contributed by atoms with Gasteiger partial charge in [-0.1, -0.05) is 30.3 Å². The first-order chi connectivity index (χ1) is 14.4. The molecule has 2 aliphatic rings. The van der Waals surface area contributed by atoms with Gasteiger partial charge in [0.1, 0.15) is 0 Å². The van der Waals surface area contributed by atoms with Gasteiger partial charge in [0.15, 0.2) is 0 Å². The summed E-state index contributed by atoms with van der Waals surface area (Å²) in [4.78, 5) is 12.7. The third kappa shape index (κ3) is 4.74. The van der Waals surface area contributed by atoms with Crippen LogP contribution in [0.1, 0.15) is 52.0 Å². The van der Waals surface area contributed by atoms with E-state index in [1.165, 1.54) is 21.9 Å². The molecule has 2 aromatic carbocycles. The fourth-order valence-electron chi connectivity index (χ4n) is 4.10. The lowest BCUT2D eigenvalue weighted by molar-refractivity contribution is 0.0729. The summed E-state index contributed by atoms with van der Waals surface area (Å²) >= 11 is 0. The van der Waals surface area contributed by atoms with Crippen LogP contribution in [0.15, 0.2) is 42.5 Å². The summed E-state index contributed by atoms with van der Waals surface area (Å²) in [6, 6.07) is 13.2. The van der Waals surface area contributed by atoms with Crippen LogP contribution in [0.4, 0.5) is 0 Å². The van der Waals surface area contributed by atoms with Crippen molar-refractivity contribution in [1.82, 2.24) is 9.62 Å². The van der Waals surface area contributed by atoms with Gasteiger partial charge in [0, 0.05) is 18.7 Å². The molecule has 0 unspecified atom stereocenters. The molecule has 1 atom stereocenters. The number of benzene rings is 2. The lowest BCUT2D eigenvalue weighted by atomic mass is 10.0. The van der Waals surface area contributed by atoms with Gasteiger partial charge < -0.3 is 10.1 Å². The molecule has 0 bridgehead atoms. The number of carbonyl (C=O) groups excluding carboxylic acids is 1. The Bertz CT molecular complexity index is 1010. The van der Waals surface area contributed by atoms with Gasteiger partial charge in [-0.15, -0.1) is 0 Å². The molecule has 1 amide bonds.